The average molecular weight is 211 g/mol. The Morgan fingerprint density at radius 3 is 2.46 bits per heavy atom. The molecule has 6 heteroatoms. The van der Waals surface area contributed by atoms with Crippen LogP contribution in [0.25, 0.3) is 0 Å². The topological polar surface area (TPSA) is 89.8 Å². The number of aliphatic hydroxyl groups is 2. The highest BCUT2D eigenvalue weighted by Gasteiger charge is 2.17. The van der Waals surface area contributed by atoms with Crippen molar-refractivity contribution in [3.8, 4) is 0 Å². The van der Waals surface area contributed by atoms with Crippen LogP contribution in [0.5, 0.6) is 0 Å². The molecule has 0 aliphatic rings. The Morgan fingerprint density at radius 1 is 1.54 bits per heavy atom. The first-order chi connectivity index (χ1) is 5.87. The normalized spacial score (nSPS) is 17.0. The van der Waals surface area contributed by atoms with Gasteiger partial charge < -0.3 is 20.1 Å². The zero-order valence-electron chi connectivity index (χ0n) is 7.86. The standard InChI is InChI=1S/C7H17NO4S/c1-7(2,5-9)8-3-6(10)4-13(11)12/h6,8-10H,3-5H2,1-2H3,(H,11,12). The first kappa shape index (κ1) is 13.0. The molecule has 5 nitrogen and oxygen atoms in total. The summed E-state index contributed by atoms with van der Waals surface area (Å²) in [6.45, 7) is 3.69. The lowest BCUT2D eigenvalue weighted by molar-refractivity contribution is 0.147. The molecular formula is C7H17NO4S. The minimum atomic E-state index is -1.98. The molecule has 0 amide bonds. The SMILES string of the molecule is CC(C)(CO)NCC(O)CS(=O)O. The van der Waals surface area contributed by atoms with Crippen molar-refractivity contribution in [2.75, 3.05) is 18.9 Å². The molecule has 80 valence electrons. The number of aliphatic hydroxyl groups excluding tert-OH is 2. The predicted octanol–water partition coefficient (Wildman–Crippen LogP) is -1.07. The molecule has 0 aromatic heterocycles. The van der Waals surface area contributed by atoms with Gasteiger partial charge in [0.2, 0.25) is 0 Å². The van der Waals surface area contributed by atoms with E-state index in [1.807, 2.05) is 0 Å². The maximum absolute atomic E-state index is 10.3. The molecule has 2 atom stereocenters. The van der Waals surface area contributed by atoms with E-state index in [2.05, 4.69) is 5.32 Å². The van der Waals surface area contributed by atoms with Gasteiger partial charge in [0.25, 0.3) is 0 Å². The average Bonchev–Trinajstić information content (AvgIpc) is 2.00. The molecule has 0 rings (SSSR count). The van der Waals surface area contributed by atoms with Gasteiger partial charge in [-0.15, -0.1) is 0 Å². The van der Waals surface area contributed by atoms with Crippen LogP contribution in [0.4, 0.5) is 0 Å². The number of hydrogen-bond acceptors (Lipinski definition) is 4. The van der Waals surface area contributed by atoms with Gasteiger partial charge in [0.1, 0.15) is 0 Å². The summed E-state index contributed by atoms with van der Waals surface area (Å²) in [5, 5.41) is 20.9. The molecule has 2 unspecified atom stereocenters. The van der Waals surface area contributed by atoms with Crippen molar-refractivity contribution in [2.45, 2.75) is 25.5 Å². The van der Waals surface area contributed by atoms with Gasteiger partial charge in [-0.2, -0.15) is 0 Å². The fourth-order valence-corrected chi connectivity index (χ4v) is 1.12. The molecule has 0 bridgehead atoms. The van der Waals surface area contributed by atoms with Gasteiger partial charge in [-0.3, -0.25) is 0 Å². The fourth-order valence-electron chi connectivity index (χ4n) is 0.674. The molecule has 0 aromatic carbocycles. The van der Waals surface area contributed by atoms with E-state index in [1.165, 1.54) is 0 Å². The second-order valence-electron chi connectivity index (χ2n) is 3.56. The van der Waals surface area contributed by atoms with Gasteiger partial charge in [0.05, 0.1) is 18.5 Å². The Bertz CT molecular complexity index is 174. The molecule has 0 spiro atoms. The molecule has 0 radical (unpaired) electrons. The number of β-amino-alcohol motifs (C(OH)–C–C–N with tert-alkyl or cyclic N) is 1. The first-order valence-corrected chi connectivity index (χ1v) is 5.26. The summed E-state index contributed by atoms with van der Waals surface area (Å²) >= 11 is -1.98. The van der Waals surface area contributed by atoms with Crippen molar-refractivity contribution in [1.29, 1.82) is 0 Å². The molecule has 0 fully saturated rings. The molecule has 0 aromatic rings. The highest BCUT2D eigenvalue weighted by molar-refractivity contribution is 7.79. The van der Waals surface area contributed by atoms with Gasteiger partial charge in [-0.1, -0.05) is 0 Å². The third kappa shape index (κ3) is 7.09. The molecule has 13 heavy (non-hydrogen) atoms. The summed E-state index contributed by atoms with van der Waals surface area (Å²) in [6, 6.07) is 0. The molecule has 4 N–H and O–H groups in total. The van der Waals surface area contributed by atoms with Crippen molar-refractivity contribution < 1.29 is 19.0 Å². The van der Waals surface area contributed by atoms with Crippen LogP contribution in [0.3, 0.4) is 0 Å². The van der Waals surface area contributed by atoms with E-state index in [0.29, 0.717) is 0 Å². The van der Waals surface area contributed by atoms with Crippen molar-refractivity contribution in [2.24, 2.45) is 0 Å². The quantitative estimate of drug-likeness (QED) is 0.420. The van der Waals surface area contributed by atoms with Crippen LogP contribution in [0.15, 0.2) is 0 Å². The van der Waals surface area contributed by atoms with Crippen LogP contribution < -0.4 is 5.32 Å². The summed E-state index contributed by atoms with van der Waals surface area (Å²) < 4.78 is 18.7. The zero-order chi connectivity index (χ0) is 10.5. The zero-order valence-corrected chi connectivity index (χ0v) is 8.67. The summed E-state index contributed by atoms with van der Waals surface area (Å²) in [5.41, 5.74) is -0.474. The van der Waals surface area contributed by atoms with E-state index in [9.17, 15) is 9.32 Å². The van der Waals surface area contributed by atoms with Crippen molar-refractivity contribution in [1.82, 2.24) is 5.32 Å². The van der Waals surface area contributed by atoms with Crippen molar-refractivity contribution in [3.05, 3.63) is 0 Å². The Morgan fingerprint density at radius 2 is 2.08 bits per heavy atom. The fraction of sp³-hybridized carbons (Fsp3) is 1.00. The largest absolute Gasteiger partial charge is 0.394 e. The molecule has 0 saturated heterocycles. The van der Waals surface area contributed by atoms with Gasteiger partial charge in [0, 0.05) is 12.1 Å². The van der Waals surface area contributed by atoms with E-state index in [4.69, 9.17) is 9.66 Å². The van der Waals surface area contributed by atoms with Gasteiger partial charge >= 0.3 is 0 Å². The Hall–Kier alpha value is -0.0100. The summed E-state index contributed by atoms with van der Waals surface area (Å²) in [6.07, 6.45) is -0.864. The Balaban J connectivity index is 3.69. The van der Waals surface area contributed by atoms with Gasteiger partial charge in [-0.25, -0.2) is 4.21 Å². The third-order valence-corrected chi connectivity index (χ3v) is 2.22. The summed E-state index contributed by atoms with van der Waals surface area (Å²) in [5.74, 6) is -0.172. The Labute approximate surface area is 80.4 Å². The molecular weight excluding hydrogens is 194 g/mol. The second kappa shape index (κ2) is 5.66. The van der Waals surface area contributed by atoms with Crippen LogP contribution >= 0.6 is 0 Å². The smallest absolute Gasteiger partial charge is 0.155 e. The summed E-state index contributed by atoms with van der Waals surface area (Å²) in [7, 11) is 0. The highest BCUT2D eigenvalue weighted by atomic mass is 32.2. The molecule has 0 saturated carbocycles. The van der Waals surface area contributed by atoms with Gasteiger partial charge in [0.15, 0.2) is 11.1 Å². The maximum atomic E-state index is 10.3. The maximum Gasteiger partial charge on any atom is 0.155 e. The van der Waals surface area contributed by atoms with Gasteiger partial charge in [-0.05, 0) is 13.8 Å². The van der Waals surface area contributed by atoms with Crippen LogP contribution in [0.2, 0.25) is 0 Å². The number of rotatable bonds is 6. The van der Waals surface area contributed by atoms with Crippen LogP contribution in [-0.4, -0.2) is 49.5 Å². The molecule has 0 heterocycles. The monoisotopic (exact) mass is 211 g/mol. The highest BCUT2D eigenvalue weighted by Crippen LogP contribution is 1.99. The van der Waals surface area contributed by atoms with E-state index < -0.39 is 22.7 Å². The predicted molar refractivity (Wildman–Crippen MR) is 50.8 cm³/mol. The Kier molecular flexibility index (Phi) is 5.66. The first-order valence-electron chi connectivity index (χ1n) is 3.99. The lowest BCUT2D eigenvalue weighted by atomic mass is 10.1. The van der Waals surface area contributed by atoms with Crippen molar-refractivity contribution in [3.63, 3.8) is 0 Å². The number of nitrogens with one attached hydrogen (secondary N) is 1. The van der Waals surface area contributed by atoms with Crippen LogP contribution in [0, 0.1) is 0 Å². The second-order valence-corrected chi connectivity index (χ2v) is 4.54. The summed E-state index contributed by atoms with van der Waals surface area (Å²) in [4.78, 5) is 0. The molecule has 0 aliphatic carbocycles. The van der Waals surface area contributed by atoms with E-state index in [-0.39, 0.29) is 18.9 Å². The number of hydrogen-bond donors (Lipinski definition) is 4. The van der Waals surface area contributed by atoms with E-state index in [1.54, 1.807) is 13.8 Å². The lowest BCUT2D eigenvalue weighted by Gasteiger charge is -2.24. The minimum absolute atomic E-state index is 0.0536. The minimum Gasteiger partial charge on any atom is -0.394 e. The third-order valence-electron chi connectivity index (χ3n) is 1.55. The van der Waals surface area contributed by atoms with E-state index >= 15 is 0 Å². The van der Waals surface area contributed by atoms with Crippen molar-refractivity contribution >= 4 is 11.1 Å². The molecule has 0 aliphatic heterocycles. The lowest BCUT2D eigenvalue weighted by Crippen LogP contribution is -2.47. The van der Waals surface area contributed by atoms with E-state index in [0.717, 1.165) is 0 Å². The van der Waals surface area contributed by atoms with Crippen LogP contribution in [-0.2, 0) is 11.1 Å². The van der Waals surface area contributed by atoms with Crippen LogP contribution in [0.1, 0.15) is 13.8 Å².